The topological polar surface area (TPSA) is 40.6 Å². The van der Waals surface area contributed by atoms with E-state index in [1.807, 2.05) is 52.8 Å². The third-order valence-electron chi connectivity index (χ3n) is 5.71. The minimum Gasteiger partial charge on any atom is -0.369 e. The minimum atomic E-state index is -3.51. The molecule has 3 rings (SSSR count). The van der Waals surface area contributed by atoms with E-state index in [9.17, 15) is 8.42 Å². The molecule has 0 unspecified atom stereocenters. The Bertz CT molecular complexity index is 952. The fraction of sp³-hybridized carbons (Fsp3) is 0.429. The molecular weight excluding hydrogens is 380 g/mol. The normalized spacial score (nSPS) is 16.0. The second-order valence-corrected chi connectivity index (χ2v) is 9.65. The number of halogens is 1. The number of piperazine rings is 1. The van der Waals surface area contributed by atoms with Gasteiger partial charge in [-0.15, -0.1) is 0 Å². The van der Waals surface area contributed by atoms with Gasteiger partial charge in [0.25, 0.3) is 0 Å². The molecule has 4 nitrogen and oxygen atoms in total. The van der Waals surface area contributed by atoms with Gasteiger partial charge < -0.3 is 4.90 Å². The van der Waals surface area contributed by atoms with Gasteiger partial charge in [0.05, 0.1) is 4.90 Å². The van der Waals surface area contributed by atoms with Gasteiger partial charge in [-0.05, 0) is 74.6 Å². The van der Waals surface area contributed by atoms with Crippen LogP contribution in [0.3, 0.4) is 0 Å². The van der Waals surface area contributed by atoms with Crippen LogP contribution in [-0.4, -0.2) is 38.9 Å². The molecular formula is C21H27ClN2O2S. The van der Waals surface area contributed by atoms with Crippen LogP contribution >= 0.6 is 11.6 Å². The number of sulfonamides is 1. The second-order valence-electron chi connectivity index (χ2n) is 7.36. The summed E-state index contributed by atoms with van der Waals surface area (Å²) in [5, 5.41) is 0.740. The van der Waals surface area contributed by atoms with Crippen molar-refractivity contribution < 1.29 is 8.42 Å². The van der Waals surface area contributed by atoms with Gasteiger partial charge in [-0.1, -0.05) is 23.7 Å². The van der Waals surface area contributed by atoms with Crippen molar-refractivity contribution in [1.29, 1.82) is 0 Å². The van der Waals surface area contributed by atoms with Gasteiger partial charge >= 0.3 is 0 Å². The number of anilines is 1. The highest BCUT2D eigenvalue weighted by atomic mass is 35.5. The zero-order valence-corrected chi connectivity index (χ0v) is 18.2. The van der Waals surface area contributed by atoms with Gasteiger partial charge in [-0.25, -0.2) is 8.42 Å². The highest BCUT2D eigenvalue weighted by Gasteiger charge is 2.32. The van der Waals surface area contributed by atoms with Crippen LogP contribution in [0.5, 0.6) is 0 Å². The lowest BCUT2D eigenvalue weighted by atomic mass is 10.0. The lowest BCUT2D eigenvalue weighted by molar-refractivity contribution is 0.384. The molecule has 1 aliphatic heterocycles. The predicted octanol–water partition coefficient (Wildman–Crippen LogP) is 4.39. The van der Waals surface area contributed by atoms with Gasteiger partial charge in [-0.3, -0.25) is 0 Å². The Kier molecular flexibility index (Phi) is 5.57. The smallest absolute Gasteiger partial charge is 0.243 e. The number of rotatable bonds is 3. The van der Waals surface area contributed by atoms with E-state index in [0.29, 0.717) is 31.1 Å². The Balaban J connectivity index is 1.87. The first-order chi connectivity index (χ1) is 12.6. The maximum absolute atomic E-state index is 13.4. The number of hydrogen-bond donors (Lipinski definition) is 0. The molecule has 0 atom stereocenters. The molecule has 27 heavy (non-hydrogen) atoms. The van der Waals surface area contributed by atoms with Crippen molar-refractivity contribution in [3.63, 3.8) is 0 Å². The number of hydrogen-bond acceptors (Lipinski definition) is 3. The lowest BCUT2D eigenvalue weighted by Crippen LogP contribution is -2.49. The molecule has 0 bridgehead atoms. The first kappa shape index (κ1) is 20.2. The Morgan fingerprint density at radius 1 is 0.852 bits per heavy atom. The predicted molar refractivity (Wildman–Crippen MR) is 113 cm³/mol. The molecule has 2 aromatic rings. The molecule has 146 valence electrons. The van der Waals surface area contributed by atoms with Crippen LogP contribution in [0.25, 0.3) is 0 Å². The highest BCUT2D eigenvalue weighted by Crippen LogP contribution is 2.31. The molecule has 0 aromatic heterocycles. The third kappa shape index (κ3) is 3.60. The van der Waals surface area contributed by atoms with E-state index in [-0.39, 0.29) is 0 Å². The number of aryl methyl sites for hydroxylation is 2. The summed E-state index contributed by atoms with van der Waals surface area (Å²) in [6.07, 6.45) is 0. The van der Waals surface area contributed by atoms with Gasteiger partial charge in [-0.2, -0.15) is 4.31 Å². The molecule has 0 N–H and O–H groups in total. The summed E-state index contributed by atoms with van der Waals surface area (Å²) in [5.41, 5.74) is 5.86. The fourth-order valence-electron chi connectivity index (χ4n) is 3.80. The maximum Gasteiger partial charge on any atom is 0.243 e. The van der Waals surface area contributed by atoms with Crippen molar-refractivity contribution in [2.75, 3.05) is 31.1 Å². The molecule has 1 heterocycles. The molecule has 1 aliphatic rings. The number of benzene rings is 2. The van der Waals surface area contributed by atoms with Crippen molar-refractivity contribution >= 4 is 27.3 Å². The maximum atomic E-state index is 13.4. The van der Waals surface area contributed by atoms with E-state index in [1.54, 1.807) is 4.31 Å². The second kappa shape index (κ2) is 7.46. The molecule has 6 heteroatoms. The molecule has 0 radical (unpaired) electrons. The van der Waals surface area contributed by atoms with E-state index in [4.69, 9.17) is 11.6 Å². The first-order valence-corrected chi connectivity index (χ1v) is 11.0. The largest absolute Gasteiger partial charge is 0.369 e. The summed E-state index contributed by atoms with van der Waals surface area (Å²) in [7, 11) is -3.51. The van der Waals surface area contributed by atoms with Crippen molar-refractivity contribution in [2.24, 2.45) is 0 Å². The summed E-state index contributed by atoms with van der Waals surface area (Å²) >= 11 is 6.25. The van der Waals surface area contributed by atoms with Crippen LogP contribution < -0.4 is 4.90 Å². The van der Waals surface area contributed by atoms with Crippen molar-refractivity contribution in [2.45, 2.75) is 39.5 Å². The van der Waals surface area contributed by atoms with Crippen LogP contribution in [0.4, 0.5) is 5.69 Å². The SMILES string of the molecule is Cc1cc(C)c(C)c(S(=O)(=O)N2CCN(c3cccc(Cl)c3C)CC2)c1C. The average molecular weight is 407 g/mol. The third-order valence-corrected chi connectivity index (χ3v) is 8.30. The lowest BCUT2D eigenvalue weighted by Gasteiger charge is -2.36. The van der Waals surface area contributed by atoms with Crippen molar-refractivity contribution in [3.05, 3.63) is 57.1 Å². The van der Waals surface area contributed by atoms with E-state index in [1.165, 1.54) is 0 Å². The van der Waals surface area contributed by atoms with Crippen molar-refractivity contribution in [1.82, 2.24) is 4.31 Å². The molecule has 0 spiro atoms. The summed E-state index contributed by atoms with van der Waals surface area (Å²) in [6.45, 7) is 12.0. The molecule has 0 saturated carbocycles. The van der Waals surface area contributed by atoms with Gasteiger partial charge in [0.1, 0.15) is 0 Å². The zero-order chi connectivity index (χ0) is 19.9. The minimum absolute atomic E-state index is 0.472. The Morgan fingerprint density at radius 3 is 1.96 bits per heavy atom. The van der Waals surface area contributed by atoms with Gasteiger partial charge in [0.2, 0.25) is 10.0 Å². The Morgan fingerprint density at radius 2 is 1.41 bits per heavy atom. The van der Waals surface area contributed by atoms with E-state index in [2.05, 4.69) is 11.0 Å². The van der Waals surface area contributed by atoms with Gasteiger partial charge in [0, 0.05) is 36.9 Å². The van der Waals surface area contributed by atoms with Crippen LogP contribution in [0.15, 0.2) is 29.2 Å². The quantitative estimate of drug-likeness (QED) is 0.758. The first-order valence-electron chi connectivity index (χ1n) is 9.22. The van der Waals surface area contributed by atoms with E-state index < -0.39 is 10.0 Å². The van der Waals surface area contributed by atoms with Crippen LogP contribution in [0.2, 0.25) is 5.02 Å². The van der Waals surface area contributed by atoms with Crippen LogP contribution in [0.1, 0.15) is 27.8 Å². The molecule has 1 saturated heterocycles. The number of nitrogens with zero attached hydrogens (tertiary/aromatic N) is 2. The molecule has 2 aromatic carbocycles. The summed E-state index contributed by atoms with van der Waals surface area (Å²) in [4.78, 5) is 2.70. The van der Waals surface area contributed by atoms with Crippen LogP contribution in [0, 0.1) is 34.6 Å². The Hall–Kier alpha value is -1.56. The standard InChI is InChI=1S/C21H27ClN2O2S/c1-14-13-15(2)17(4)21(16(14)3)27(25,26)24-11-9-23(10-12-24)20-8-6-7-19(22)18(20)5/h6-8,13H,9-12H2,1-5H3. The molecule has 0 amide bonds. The summed E-state index contributed by atoms with van der Waals surface area (Å²) in [5.74, 6) is 0. The highest BCUT2D eigenvalue weighted by molar-refractivity contribution is 7.89. The molecule has 0 aliphatic carbocycles. The summed E-state index contributed by atoms with van der Waals surface area (Å²) < 4.78 is 28.4. The van der Waals surface area contributed by atoms with Gasteiger partial charge in [0.15, 0.2) is 0 Å². The van der Waals surface area contributed by atoms with Crippen LogP contribution in [-0.2, 0) is 10.0 Å². The monoisotopic (exact) mass is 406 g/mol. The van der Waals surface area contributed by atoms with Crippen molar-refractivity contribution in [3.8, 4) is 0 Å². The van der Waals surface area contributed by atoms with E-state index in [0.717, 1.165) is 38.5 Å². The fourth-order valence-corrected chi connectivity index (χ4v) is 5.97. The average Bonchev–Trinajstić information content (AvgIpc) is 2.62. The molecule has 1 fully saturated rings. The van der Waals surface area contributed by atoms with E-state index >= 15 is 0 Å². The Labute approximate surface area is 167 Å². The zero-order valence-electron chi connectivity index (χ0n) is 16.6. The summed E-state index contributed by atoms with van der Waals surface area (Å²) in [6, 6.07) is 7.93.